The Balaban J connectivity index is 1.39. The third-order valence-corrected chi connectivity index (χ3v) is 5.51. The van der Waals surface area contributed by atoms with Gasteiger partial charge in [0, 0.05) is 38.3 Å². The Labute approximate surface area is 171 Å². The molecule has 0 saturated carbocycles. The second-order valence-corrected chi connectivity index (χ2v) is 7.44. The summed E-state index contributed by atoms with van der Waals surface area (Å²) in [5.41, 5.74) is 3.26. The van der Waals surface area contributed by atoms with Crippen LogP contribution >= 0.6 is 0 Å². The number of piperazine rings is 1. The lowest BCUT2D eigenvalue weighted by molar-refractivity contribution is 0.131. The molecule has 0 unspecified atom stereocenters. The Kier molecular flexibility index (Phi) is 5.67. The van der Waals surface area contributed by atoms with E-state index in [1.165, 1.54) is 16.3 Å². The Bertz CT molecular complexity index is 1020. The zero-order valence-electron chi connectivity index (χ0n) is 17.0. The maximum Gasteiger partial charge on any atom is 0.161 e. The van der Waals surface area contributed by atoms with Crippen molar-refractivity contribution < 1.29 is 9.84 Å². The standard InChI is InChI=1S/C24H27N3O2/c1-18(20-10-11-23(28)24(16-20)29-2)25-27-14-12-26(13-15-27)17-21-8-5-7-19-6-3-4-9-22(19)21/h3-11,16,28H,12-15,17H2,1-2H3/b25-18+. The van der Waals surface area contributed by atoms with Crippen LogP contribution in [0.1, 0.15) is 18.1 Å². The van der Waals surface area contributed by atoms with Crippen molar-refractivity contribution >= 4 is 16.5 Å². The number of benzene rings is 3. The monoisotopic (exact) mass is 389 g/mol. The molecule has 3 aromatic rings. The van der Waals surface area contributed by atoms with Gasteiger partial charge in [-0.15, -0.1) is 0 Å². The lowest BCUT2D eigenvalue weighted by atomic mass is 10.0. The first-order valence-electron chi connectivity index (χ1n) is 10.0. The molecule has 0 radical (unpaired) electrons. The maximum atomic E-state index is 9.77. The second kappa shape index (κ2) is 8.53. The van der Waals surface area contributed by atoms with Crippen LogP contribution in [0.25, 0.3) is 10.8 Å². The molecule has 0 bridgehead atoms. The van der Waals surface area contributed by atoms with Crippen LogP contribution in [0.5, 0.6) is 11.5 Å². The van der Waals surface area contributed by atoms with E-state index < -0.39 is 0 Å². The highest BCUT2D eigenvalue weighted by Gasteiger charge is 2.17. The first-order chi connectivity index (χ1) is 14.1. The molecule has 1 N–H and O–H groups in total. The Hall–Kier alpha value is -3.05. The first kappa shape index (κ1) is 19.3. The summed E-state index contributed by atoms with van der Waals surface area (Å²) >= 11 is 0. The second-order valence-electron chi connectivity index (χ2n) is 7.44. The number of hydrogen-bond donors (Lipinski definition) is 1. The van der Waals surface area contributed by atoms with E-state index in [9.17, 15) is 5.11 Å². The minimum Gasteiger partial charge on any atom is -0.504 e. The minimum absolute atomic E-state index is 0.145. The van der Waals surface area contributed by atoms with Gasteiger partial charge >= 0.3 is 0 Å². The van der Waals surface area contributed by atoms with Crippen LogP contribution < -0.4 is 4.74 Å². The van der Waals surface area contributed by atoms with Gasteiger partial charge in [-0.05, 0) is 41.5 Å². The smallest absolute Gasteiger partial charge is 0.161 e. The molecule has 5 nitrogen and oxygen atoms in total. The van der Waals surface area contributed by atoms with E-state index in [1.807, 2.05) is 19.1 Å². The van der Waals surface area contributed by atoms with Gasteiger partial charge in [0.05, 0.1) is 12.8 Å². The summed E-state index contributed by atoms with van der Waals surface area (Å²) in [5.74, 6) is 0.614. The van der Waals surface area contributed by atoms with Gasteiger partial charge in [0.15, 0.2) is 11.5 Å². The number of hydrogen-bond acceptors (Lipinski definition) is 5. The van der Waals surface area contributed by atoms with Crippen molar-refractivity contribution in [1.29, 1.82) is 0 Å². The molecule has 4 rings (SSSR count). The summed E-state index contributed by atoms with van der Waals surface area (Å²) in [6, 6.07) is 20.5. The minimum atomic E-state index is 0.145. The summed E-state index contributed by atoms with van der Waals surface area (Å²) in [5, 5.41) is 19.3. The highest BCUT2D eigenvalue weighted by atomic mass is 16.5. The van der Waals surface area contributed by atoms with Crippen molar-refractivity contribution in [3.05, 3.63) is 71.8 Å². The number of phenols is 1. The average molecular weight is 389 g/mol. The van der Waals surface area contributed by atoms with Crippen molar-refractivity contribution in [1.82, 2.24) is 9.91 Å². The summed E-state index contributed by atoms with van der Waals surface area (Å²) < 4.78 is 5.20. The van der Waals surface area contributed by atoms with Gasteiger partial charge in [-0.1, -0.05) is 42.5 Å². The summed E-state index contributed by atoms with van der Waals surface area (Å²) in [6.45, 7) is 6.73. The number of aromatic hydroxyl groups is 1. The third kappa shape index (κ3) is 4.35. The first-order valence-corrected chi connectivity index (χ1v) is 10.0. The number of hydrazone groups is 1. The average Bonchev–Trinajstić information content (AvgIpc) is 2.75. The molecule has 29 heavy (non-hydrogen) atoms. The fourth-order valence-corrected chi connectivity index (χ4v) is 3.84. The number of rotatable bonds is 5. The predicted octanol–water partition coefficient (Wildman–Crippen LogP) is 4.10. The summed E-state index contributed by atoms with van der Waals surface area (Å²) in [7, 11) is 1.56. The molecule has 0 atom stereocenters. The largest absolute Gasteiger partial charge is 0.504 e. The van der Waals surface area contributed by atoms with Crippen LogP contribution in [-0.4, -0.2) is 54.0 Å². The SMILES string of the molecule is COc1cc(/C(C)=N/N2CCN(Cc3cccc4ccccc34)CC2)ccc1O. The van der Waals surface area contributed by atoms with E-state index in [2.05, 4.69) is 52.4 Å². The van der Waals surface area contributed by atoms with Crippen LogP contribution in [0.15, 0.2) is 65.8 Å². The molecule has 1 heterocycles. The van der Waals surface area contributed by atoms with Crippen LogP contribution in [-0.2, 0) is 6.54 Å². The fraction of sp³-hybridized carbons (Fsp3) is 0.292. The zero-order chi connectivity index (χ0) is 20.2. The fourth-order valence-electron chi connectivity index (χ4n) is 3.84. The number of phenolic OH excluding ortho intramolecular Hbond substituents is 1. The Morgan fingerprint density at radius 2 is 1.76 bits per heavy atom. The quantitative estimate of drug-likeness (QED) is 0.668. The van der Waals surface area contributed by atoms with Crippen LogP contribution in [0.4, 0.5) is 0 Å². The van der Waals surface area contributed by atoms with Crippen LogP contribution in [0.2, 0.25) is 0 Å². The summed E-state index contributed by atoms with van der Waals surface area (Å²) in [4.78, 5) is 2.49. The molecule has 1 fully saturated rings. The van der Waals surface area contributed by atoms with Crippen molar-refractivity contribution in [2.24, 2.45) is 5.10 Å². The van der Waals surface area contributed by atoms with Gasteiger partial charge in [-0.2, -0.15) is 5.10 Å². The molecule has 1 saturated heterocycles. The van der Waals surface area contributed by atoms with Crippen molar-refractivity contribution in [2.45, 2.75) is 13.5 Å². The van der Waals surface area contributed by atoms with Gasteiger partial charge in [-0.3, -0.25) is 9.91 Å². The van der Waals surface area contributed by atoms with E-state index in [4.69, 9.17) is 9.84 Å². The molecule has 5 heteroatoms. The van der Waals surface area contributed by atoms with E-state index in [-0.39, 0.29) is 5.75 Å². The third-order valence-electron chi connectivity index (χ3n) is 5.51. The van der Waals surface area contributed by atoms with Gasteiger partial charge in [-0.25, -0.2) is 0 Å². The summed E-state index contributed by atoms with van der Waals surface area (Å²) in [6.07, 6.45) is 0. The van der Waals surface area contributed by atoms with Crippen molar-refractivity contribution in [2.75, 3.05) is 33.3 Å². The highest BCUT2D eigenvalue weighted by molar-refractivity contribution is 5.99. The van der Waals surface area contributed by atoms with Gasteiger partial charge in [0.2, 0.25) is 0 Å². The van der Waals surface area contributed by atoms with Crippen LogP contribution in [0, 0.1) is 0 Å². The van der Waals surface area contributed by atoms with Gasteiger partial charge in [0.1, 0.15) is 0 Å². The molecule has 0 amide bonds. The van der Waals surface area contributed by atoms with Crippen LogP contribution in [0.3, 0.4) is 0 Å². The molecule has 1 aliphatic rings. The maximum absolute atomic E-state index is 9.77. The number of nitrogens with zero attached hydrogens (tertiary/aromatic N) is 3. The van der Waals surface area contributed by atoms with Gasteiger partial charge < -0.3 is 9.84 Å². The number of fused-ring (bicyclic) bond motifs is 1. The number of ether oxygens (including phenoxy) is 1. The Morgan fingerprint density at radius 1 is 1.00 bits per heavy atom. The predicted molar refractivity (Wildman–Crippen MR) is 118 cm³/mol. The van der Waals surface area contributed by atoms with E-state index in [0.29, 0.717) is 5.75 Å². The van der Waals surface area contributed by atoms with E-state index >= 15 is 0 Å². The molecule has 0 spiro atoms. The lowest BCUT2D eigenvalue weighted by Crippen LogP contribution is -2.43. The lowest BCUT2D eigenvalue weighted by Gasteiger charge is -2.33. The molecular formula is C24H27N3O2. The zero-order valence-corrected chi connectivity index (χ0v) is 17.0. The highest BCUT2D eigenvalue weighted by Crippen LogP contribution is 2.26. The van der Waals surface area contributed by atoms with E-state index in [1.54, 1.807) is 13.2 Å². The Morgan fingerprint density at radius 3 is 2.55 bits per heavy atom. The van der Waals surface area contributed by atoms with Crippen molar-refractivity contribution in [3.8, 4) is 11.5 Å². The molecule has 0 aromatic heterocycles. The molecule has 0 aliphatic carbocycles. The topological polar surface area (TPSA) is 48.3 Å². The molecule has 3 aromatic carbocycles. The van der Waals surface area contributed by atoms with Crippen molar-refractivity contribution in [3.63, 3.8) is 0 Å². The van der Waals surface area contributed by atoms with E-state index in [0.717, 1.165) is 44.0 Å². The normalized spacial score (nSPS) is 15.7. The molecular weight excluding hydrogens is 362 g/mol. The van der Waals surface area contributed by atoms with Gasteiger partial charge in [0.25, 0.3) is 0 Å². The molecule has 150 valence electrons. The molecule has 1 aliphatic heterocycles. The number of methoxy groups -OCH3 is 1.